The summed E-state index contributed by atoms with van der Waals surface area (Å²) in [4.78, 5) is 14.5. The van der Waals surface area contributed by atoms with E-state index in [1.54, 1.807) is 0 Å². The third kappa shape index (κ3) is 1.95. The highest BCUT2D eigenvalue weighted by molar-refractivity contribution is 5.91. The maximum Gasteiger partial charge on any atom is 0.150 e. The van der Waals surface area contributed by atoms with Gasteiger partial charge >= 0.3 is 0 Å². The Hall–Kier alpha value is -2.04. The molecule has 88 valence electrons. The molecule has 0 aliphatic heterocycles. The summed E-state index contributed by atoms with van der Waals surface area (Å²) in [7, 11) is 1.41. The van der Waals surface area contributed by atoms with Crippen molar-refractivity contribution in [1.82, 2.24) is 4.98 Å². The van der Waals surface area contributed by atoms with Gasteiger partial charge in [-0.1, -0.05) is 0 Å². The van der Waals surface area contributed by atoms with Crippen LogP contribution in [0.2, 0.25) is 0 Å². The number of hydrogen-bond acceptors (Lipinski definition) is 3. The van der Waals surface area contributed by atoms with E-state index in [4.69, 9.17) is 4.74 Å². The third-order valence-electron chi connectivity index (χ3n) is 2.41. The Morgan fingerprint density at radius 3 is 2.76 bits per heavy atom. The molecule has 0 unspecified atom stereocenters. The van der Waals surface area contributed by atoms with Crippen LogP contribution in [-0.2, 0) is 6.67 Å². The molecule has 0 aliphatic rings. The minimum absolute atomic E-state index is 0.269. The van der Waals surface area contributed by atoms with Crippen LogP contribution in [0, 0.1) is 5.82 Å². The Morgan fingerprint density at radius 1 is 1.41 bits per heavy atom. The zero-order valence-electron chi connectivity index (χ0n) is 9.04. The lowest BCUT2D eigenvalue weighted by Gasteiger charge is -2.07. The number of methoxy groups -OCH3 is 1. The van der Waals surface area contributed by atoms with Crippen LogP contribution in [-0.4, -0.2) is 18.4 Å². The van der Waals surface area contributed by atoms with E-state index in [-0.39, 0.29) is 5.69 Å². The van der Waals surface area contributed by atoms with Crippen LogP contribution in [0.15, 0.2) is 18.2 Å². The van der Waals surface area contributed by atoms with Gasteiger partial charge in [-0.15, -0.1) is 0 Å². The number of halogens is 2. The topological polar surface area (TPSA) is 39.2 Å². The highest BCUT2D eigenvalue weighted by atomic mass is 19.1. The molecule has 2 rings (SSSR count). The molecule has 0 fully saturated rings. The number of hydrogen-bond donors (Lipinski definition) is 0. The Kier molecular flexibility index (Phi) is 2.99. The van der Waals surface area contributed by atoms with Gasteiger partial charge in [0.15, 0.2) is 0 Å². The van der Waals surface area contributed by atoms with Gasteiger partial charge in [-0.3, -0.25) is 4.79 Å². The van der Waals surface area contributed by atoms with E-state index < -0.39 is 12.5 Å². The Labute approximate surface area is 96.0 Å². The van der Waals surface area contributed by atoms with Crippen LogP contribution < -0.4 is 4.74 Å². The van der Waals surface area contributed by atoms with Gasteiger partial charge in [-0.2, -0.15) is 0 Å². The maximum absolute atomic E-state index is 13.4. The summed E-state index contributed by atoms with van der Waals surface area (Å²) in [5.74, 6) is -0.413. The molecule has 0 saturated heterocycles. The first-order chi connectivity index (χ1) is 8.19. The van der Waals surface area contributed by atoms with Crippen molar-refractivity contribution in [3.63, 3.8) is 0 Å². The van der Waals surface area contributed by atoms with E-state index in [0.29, 0.717) is 28.5 Å². The highest BCUT2D eigenvalue weighted by Crippen LogP contribution is 2.27. The van der Waals surface area contributed by atoms with Crippen molar-refractivity contribution in [3.05, 3.63) is 35.3 Å². The quantitative estimate of drug-likeness (QED) is 0.770. The minimum Gasteiger partial charge on any atom is -0.494 e. The van der Waals surface area contributed by atoms with Crippen molar-refractivity contribution in [2.24, 2.45) is 0 Å². The second-order valence-electron chi connectivity index (χ2n) is 3.46. The van der Waals surface area contributed by atoms with Gasteiger partial charge in [0.05, 0.1) is 7.11 Å². The second kappa shape index (κ2) is 4.45. The van der Waals surface area contributed by atoms with Gasteiger partial charge in [0.1, 0.15) is 35.7 Å². The number of fused-ring (bicyclic) bond motifs is 1. The van der Waals surface area contributed by atoms with Gasteiger partial charge in [0.25, 0.3) is 0 Å². The lowest BCUT2D eigenvalue weighted by atomic mass is 10.1. The molecule has 0 N–H and O–H groups in total. The lowest BCUT2D eigenvalue weighted by molar-refractivity contribution is 0.112. The molecule has 0 bridgehead atoms. The fraction of sp³-hybridized carbons (Fsp3) is 0.167. The molecule has 1 aromatic heterocycles. The van der Waals surface area contributed by atoms with Gasteiger partial charge in [0.2, 0.25) is 0 Å². The van der Waals surface area contributed by atoms with Crippen LogP contribution >= 0.6 is 0 Å². The second-order valence-corrected chi connectivity index (χ2v) is 3.46. The molecule has 1 heterocycles. The number of rotatable bonds is 3. The molecule has 1 aromatic carbocycles. The van der Waals surface area contributed by atoms with Gasteiger partial charge in [-0.25, -0.2) is 13.8 Å². The van der Waals surface area contributed by atoms with Crippen molar-refractivity contribution in [2.75, 3.05) is 7.11 Å². The fourth-order valence-corrected chi connectivity index (χ4v) is 1.61. The Balaban J connectivity index is 2.80. The number of aromatic nitrogens is 1. The summed E-state index contributed by atoms with van der Waals surface area (Å²) in [5.41, 5.74) is 0.422. The molecule has 17 heavy (non-hydrogen) atoms. The molecule has 3 nitrogen and oxygen atoms in total. The predicted octanol–water partition coefficient (Wildman–Crippen LogP) is 2.66. The fourth-order valence-electron chi connectivity index (χ4n) is 1.61. The lowest BCUT2D eigenvalue weighted by Crippen LogP contribution is -1.97. The normalized spacial score (nSPS) is 10.5. The van der Waals surface area contributed by atoms with Crippen LogP contribution in [0.25, 0.3) is 10.9 Å². The number of pyridine rings is 1. The van der Waals surface area contributed by atoms with E-state index in [2.05, 4.69) is 4.98 Å². The number of carbonyl (C=O) groups excluding carboxylic acids is 1. The van der Waals surface area contributed by atoms with Crippen molar-refractivity contribution in [2.45, 2.75) is 6.67 Å². The van der Waals surface area contributed by atoms with Crippen molar-refractivity contribution >= 4 is 17.2 Å². The van der Waals surface area contributed by atoms with E-state index >= 15 is 0 Å². The summed E-state index contributed by atoms with van der Waals surface area (Å²) in [6.07, 6.45) is 0.628. The molecule has 2 aromatic rings. The minimum atomic E-state index is -0.986. The van der Waals surface area contributed by atoms with Gasteiger partial charge in [-0.05, 0) is 18.2 Å². The zero-order chi connectivity index (χ0) is 12.4. The molecule has 0 amide bonds. The number of carbonyl (C=O) groups is 1. The smallest absolute Gasteiger partial charge is 0.150 e. The number of alkyl halides is 1. The number of aldehydes is 1. The van der Waals surface area contributed by atoms with Crippen LogP contribution in [0.3, 0.4) is 0 Å². The molecule has 0 aliphatic carbocycles. The standard InChI is InChI=1S/C12H9F2NO2/c1-17-11-3-7(6-16)2-8-4-9(14)10(5-13)15-12(8)11/h2-4,6H,5H2,1H3. The SMILES string of the molecule is COc1cc(C=O)cc2cc(F)c(CF)nc12. The molecule has 0 radical (unpaired) electrons. The first-order valence-electron chi connectivity index (χ1n) is 4.88. The van der Waals surface area contributed by atoms with Crippen molar-refractivity contribution in [1.29, 1.82) is 0 Å². The molecule has 5 heteroatoms. The van der Waals surface area contributed by atoms with Crippen LogP contribution in [0.1, 0.15) is 16.1 Å². The maximum atomic E-state index is 13.4. The van der Waals surface area contributed by atoms with Crippen LogP contribution in [0.4, 0.5) is 8.78 Å². The van der Waals surface area contributed by atoms with E-state index in [1.807, 2.05) is 0 Å². The molecule has 0 spiro atoms. The van der Waals surface area contributed by atoms with Crippen LogP contribution in [0.5, 0.6) is 5.75 Å². The molecular weight excluding hydrogens is 228 g/mol. The largest absolute Gasteiger partial charge is 0.494 e. The Morgan fingerprint density at radius 2 is 2.18 bits per heavy atom. The first kappa shape index (κ1) is 11.4. The zero-order valence-corrected chi connectivity index (χ0v) is 9.04. The van der Waals surface area contributed by atoms with Gasteiger partial charge < -0.3 is 4.74 Å². The summed E-state index contributed by atoms with van der Waals surface area (Å²) < 4.78 is 30.9. The van der Waals surface area contributed by atoms with E-state index in [0.717, 1.165) is 6.07 Å². The third-order valence-corrected chi connectivity index (χ3v) is 2.41. The average Bonchev–Trinajstić information content (AvgIpc) is 2.36. The number of ether oxygens (including phenoxy) is 1. The summed E-state index contributed by atoms with van der Waals surface area (Å²) in [5, 5.41) is 0.404. The Bertz CT molecular complexity index is 584. The van der Waals surface area contributed by atoms with Crippen molar-refractivity contribution in [3.8, 4) is 5.75 Å². The van der Waals surface area contributed by atoms with E-state index in [9.17, 15) is 13.6 Å². The monoisotopic (exact) mass is 237 g/mol. The molecule has 0 atom stereocenters. The predicted molar refractivity (Wildman–Crippen MR) is 58.5 cm³/mol. The first-order valence-corrected chi connectivity index (χ1v) is 4.88. The number of nitrogens with zero attached hydrogens (tertiary/aromatic N) is 1. The summed E-state index contributed by atoms with van der Waals surface area (Å²) in [6, 6.07) is 4.10. The highest BCUT2D eigenvalue weighted by Gasteiger charge is 2.11. The summed E-state index contributed by atoms with van der Waals surface area (Å²) in [6.45, 7) is -0.986. The molecule has 0 saturated carbocycles. The summed E-state index contributed by atoms with van der Waals surface area (Å²) >= 11 is 0. The van der Waals surface area contributed by atoms with E-state index in [1.165, 1.54) is 19.2 Å². The molecular formula is C12H9F2NO2. The average molecular weight is 237 g/mol. The number of benzene rings is 1. The van der Waals surface area contributed by atoms with Gasteiger partial charge in [0, 0.05) is 10.9 Å². The van der Waals surface area contributed by atoms with Crippen molar-refractivity contribution < 1.29 is 18.3 Å².